The second kappa shape index (κ2) is 5.84. The highest BCUT2D eigenvalue weighted by atomic mass is 16.7. The lowest BCUT2D eigenvalue weighted by atomic mass is 9.79. The summed E-state index contributed by atoms with van der Waals surface area (Å²) >= 11 is 0. The fourth-order valence-electron chi connectivity index (χ4n) is 3.32. The standard InChI is InChI=1S/C19H25BN4O3/c1-12-8-9-13(2)24(12)17-21-16-10-14(15(25-7)11-23(16)22-17)20-26-18(3,4)19(5,6)27-20/h8-11H,1-7H3. The van der Waals surface area contributed by atoms with Crippen LogP contribution in [0, 0.1) is 13.8 Å². The predicted octanol–water partition coefficient (Wildman–Crippen LogP) is 2.44. The summed E-state index contributed by atoms with van der Waals surface area (Å²) in [5.74, 6) is 1.28. The summed E-state index contributed by atoms with van der Waals surface area (Å²) in [4.78, 5) is 4.71. The third kappa shape index (κ3) is 2.75. The van der Waals surface area contributed by atoms with Gasteiger partial charge < -0.3 is 14.0 Å². The number of rotatable bonds is 3. The highest BCUT2D eigenvalue weighted by molar-refractivity contribution is 6.63. The number of aromatic nitrogens is 4. The van der Waals surface area contributed by atoms with E-state index in [-0.39, 0.29) is 0 Å². The zero-order valence-corrected chi connectivity index (χ0v) is 16.9. The lowest BCUT2D eigenvalue weighted by molar-refractivity contribution is 0.00578. The van der Waals surface area contributed by atoms with Crippen LogP contribution in [0.25, 0.3) is 11.6 Å². The monoisotopic (exact) mass is 368 g/mol. The number of methoxy groups -OCH3 is 1. The quantitative estimate of drug-likeness (QED) is 0.665. The molecule has 142 valence electrons. The van der Waals surface area contributed by atoms with Gasteiger partial charge in [0.05, 0.1) is 24.5 Å². The van der Waals surface area contributed by atoms with Gasteiger partial charge in [-0.25, -0.2) is 4.52 Å². The van der Waals surface area contributed by atoms with E-state index in [9.17, 15) is 0 Å². The molecular formula is C19H25BN4O3. The third-order valence-electron chi connectivity index (χ3n) is 5.65. The molecule has 0 saturated carbocycles. The van der Waals surface area contributed by atoms with E-state index in [0.29, 0.717) is 17.3 Å². The minimum atomic E-state index is -0.523. The van der Waals surface area contributed by atoms with E-state index in [1.165, 1.54) is 0 Å². The molecule has 1 aliphatic heterocycles. The lowest BCUT2D eigenvalue weighted by Gasteiger charge is -2.32. The number of nitrogens with zero attached hydrogens (tertiary/aromatic N) is 4. The van der Waals surface area contributed by atoms with Crippen LogP contribution in [0.15, 0.2) is 24.4 Å². The van der Waals surface area contributed by atoms with Crippen molar-refractivity contribution in [3.8, 4) is 11.7 Å². The molecular weight excluding hydrogens is 343 g/mol. The molecule has 3 aromatic rings. The third-order valence-corrected chi connectivity index (χ3v) is 5.65. The molecule has 0 aliphatic carbocycles. The van der Waals surface area contributed by atoms with Crippen molar-refractivity contribution in [1.29, 1.82) is 0 Å². The SMILES string of the molecule is COc1cn2nc(-n3c(C)ccc3C)nc2cc1B1OC(C)(C)C(C)(C)O1. The van der Waals surface area contributed by atoms with Crippen molar-refractivity contribution >= 4 is 18.2 Å². The van der Waals surface area contributed by atoms with Crippen molar-refractivity contribution in [2.75, 3.05) is 7.11 Å². The van der Waals surface area contributed by atoms with E-state index in [2.05, 4.69) is 17.2 Å². The van der Waals surface area contributed by atoms with E-state index in [1.807, 2.05) is 58.4 Å². The summed E-state index contributed by atoms with van der Waals surface area (Å²) in [5, 5.41) is 4.62. The van der Waals surface area contributed by atoms with Crippen LogP contribution in [0.5, 0.6) is 5.75 Å². The molecule has 0 spiro atoms. The number of hydrogen-bond acceptors (Lipinski definition) is 5. The molecule has 0 atom stereocenters. The van der Waals surface area contributed by atoms with Crippen LogP contribution in [0.2, 0.25) is 0 Å². The maximum Gasteiger partial charge on any atom is 0.498 e. The van der Waals surface area contributed by atoms with Crippen molar-refractivity contribution in [2.24, 2.45) is 0 Å². The van der Waals surface area contributed by atoms with Crippen LogP contribution >= 0.6 is 0 Å². The molecule has 0 amide bonds. The Balaban J connectivity index is 1.81. The normalized spacial score (nSPS) is 18.4. The molecule has 7 nitrogen and oxygen atoms in total. The molecule has 1 aliphatic rings. The smallest absolute Gasteiger partial charge is 0.495 e. The largest absolute Gasteiger partial charge is 0.498 e. The first kappa shape index (κ1) is 18.1. The Hall–Kier alpha value is -2.32. The molecule has 0 aromatic carbocycles. The van der Waals surface area contributed by atoms with Gasteiger partial charge in [0.15, 0.2) is 5.65 Å². The highest BCUT2D eigenvalue weighted by Gasteiger charge is 2.52. The first-order valence-corrected chi connectivity index (χ1v) is 9.08. The second-order valence-corrected chi connectivity index (χ2v) is 8.05. The van der Waals surface area contributed by atoms with Crippen molar-refractivity contribution < 1.29 is 14.0 Å². The van der Waals surface area contributed by atoms with E-state index in [1.54, 1.807) is 11.6 Å². The van der Waals surface area contributed by atoms with Gasteiger partial charge in [0.2, 0.25) is 0 Å². The van der Waals surface area contributed by atoms with Gasteiger partial charge in [0.1, 0.15) is 5.75 Å². The van der Waals surface area contributed by atoms with Crippen LogP contribution in [0.4, 0.5) is 0 Å². The van der Waals surface area contributed by atoms with Crippen LogP contribution in [-0.2, 0) is 9.31 Å². The average Bonchev–Trinajstić information content (AvgIpc) is 3.19. The van der Waals surface area contributed by atoms with E-state index >= 15 is 0 Å². The minimum Gasteiger partial charge on any atom is -0.495 e. The lowest BCUT2D eigenvalue weighted by Crippen LogP contribution is -2.41. The predicted molar refractivity (Wildman–Crippen MR) is 104 cm³/mol. The van der Waals surface area contributed by atoms with Gasteiger partial charge >= 0.3 is 7.12 Å². The summed E-state index contributed by atoms with van der Waals surface area (Å²) in [6.45, 7) is 12.2. The first-order chi connectivity index (χ1) is 12.6. The van der Waals surface area contributed by atoms with Gasteiger partial charge in [-0.15, -0.1) is 5.10 Å². The Morgan fingerprint density at radius 2 is 1.63 bits per heavy atom. The number of fused-ring (bicyclic) bond motifs is 1. The Labute approximate surface area is 159 Å². The van der Waals surface area contributed by atoms with Crippen molar-refractivity contribution in [3.05, 3.63) is 35.8 Å². The topological polar surface area (TPSA) is 62.8 Å². The summed E-state index contributed by atoms with van der Waals surface area (Å²) in [6, 6.07) is 6.03. The molecule has 1 saturated heterocycles. The fraction of sp³-hybridized carbons (Fsp3) is 0.474. The summed E-state index contributed by atoms with van der Waals surface area (Å²) in [5.41, 5.74) is 2.84. The molecule has 4 heterocycles. The first-order valence-electron chi connectivity index (χ1n) is 9.08. The van der Waals surface area contributed by atoms with E-state index in [4.69, 9.17) is 19.0 Å². The molecule has 0 unspecified atom stereocenters. The summed E-state index contributed by atoms with van der Waals surface area (Å²) < 4.78 is 21.7. The van der Waals surface area contributed by atoms with Crippen molar-refractivity contribution in [3.63, 3.8) is 0 Å². The zero-order valence-electron chi connectivity index (χ0n) is 16.9. The number of aryl methyl sites for hydroxylation is 2. The highest BCUT2D eigenvalue weighted by Crippen LogP contribution is 2.37. The maximum atomic E-state index is 6.19. The van der Waals surface area contributed by atoms with E-state index < -0.39 is 18.3 Å². The van der Waals surface area contributed by atoms with E-state index in [0.717, 1.165) is 16.9 Å². The minimum absolute atomic E-state index is 0.424. The van der Waals surface area contributed by atoms with Crippen LogP contribution in [0.1, 0.15) is 39.1 Å². The van der Waals surface area contributed by atoms with Crippen molar-refractivity contribution in [1.82, 2.24) is 19.2 Å². The molecule has 3 aromatic heterocycles. The Morgan fingerprint density at radius 3 is 2.19 bits per heavy atom. The molecule has 1 fully saturated rings. The summed E-state index contributed by atoms with van der Waals surface area (Å²) in [7, 11) is 1.11. The second-order valence-electron chi connectivity index (χ2n) is 8.05. The molecule has 27 heavy (non-hydrogen) atoms. The van der Waals surface area contributed by atoms with Gasteiger partial charge in [-0.1, -0.05) is 0 Å². The average molecular weight is 368 g/mol. The van der Waals surface area contributed by atoms with Gasteiger partial charge in [0, 0.05) is 16.9 Å². The molecule has 8 heteroatoms. The number of hydrogen-bond donors (Lipinski definition) is 0. The van der Waals surface area contributed by atoms with Gasteiger partial charge in [0.25, 0.3) is 5.95 Å². The molecule has 0 radical (unpaired) electrons. The van der Waals surface area contributed by atoms with Gasteiger partial charge in [-0.05, 0) is 59.7 Å². The van der Waals surface area contributed by atoms with Crippen molar-refractivity contribution in [2.45, 2.75) is 52.7 Å². The summed E-state index contributed by atoms with van der Waals surface area (Å²) in [6.07, 6.45) is 1.82. The fourth-order valence-corrected chi connectivity index (χ4v) is 3.32. The number of pyridine rings is 1. The van der Waals surface area contributed by atoms with Crippen LogP contribution in [0.3, 0.4) is 0 Å². The Bertz CT molecular complexity index is 986. The molecule has 4 rings (SSSR count). The zero-order chi connectivity index (χ0) is 19.6. The van der Waals surface area contributed by atoms with Crippen LogP contribution < -0.4 is 10.2 Å². The van der Waals surface area contributed by atoms with Gasteiger partial charge in [-0.3, -0.25) is 4.57 Å². The maximum absolute atomic E-state index is 6.19. The van der Waals surface area contributed by atoms with Gasteiger partial charge in [-0.2, -0.15) is 4.98 Å². The Kier molecular flexibility index (Phi) is 3.91. The van der Waals surface area contributed by atoms with Crippen LogP contribution in [-0.4, -0.2) is 44.6 Å². The molecule has 0 bridgehead atoms. The Morgan fingerprint density at radius 1 is 1.04 bits per heavy atom. The molecule has 0 N–H and O–H groups in total. The number of ether oxygens (including phenoxy) is 1.